The van der Waals surface area contributed by atoms with Gasteiger partial charge in [0.1, 0.15) is 10.1 Å². The Bertz CT molecular complexity index is 1120. The normalized spacial score (nSPS) is 21.7. The molecule has 0 unspecified atom stereocenters. The minimum Gasteiger partial charge on any atom is -0.465 e. The predicted octanol–water partition coefficient (Wildman–Crippen LogP) is 3.98. The molecular formula is C21H20N2O3S2. The zero-order valence-corrected chi connectivity index (χ0v) is 17.1. The van der Waals surface area contributed by atoms with E-state index >= 15 is 0 Å². The number of carbonyl (C=O) groups excluding carboxylic acids is 1. The smallest absolute Gasteiger partial charge is 0.319 e. The van der Waals surface area contributed by atoms with Crippen LogP contribution in [-0.4, -0.2) is 27.4 Å². The average molecular weight is 413 g/mol. The summed E-state index contributed by atoms with van der Waals surface area (Å²) in [6.07, 6.45) is 3.70. The Balaban J connectivity index is 1.73. The summed E-state index contributed by atoms with van der Waals surface area (Å²) < 4.78 is 6.78. The van der Waals surface area contributed by atoms with Crippen molar-refractivity contribution in [2.45, 2.75) is 43.0 Å². The maximum Gasteiger partial charge on any atom is 0.319 e. The third kappa shape index (κ3) is 2.97. The van der Waals surface area contributed by atoms with E-state index in [1.54, 1.807) is 15.9 Å². The summed E-state index contributed by atoms with van der Waals surface area (Å²) >= 11 is 2.98. The minimum atomic E-state index is -0.311. The number of para-hydroxylation sites is 1. The third-order valence-electron chi connectivity index (χ3n) is 5.45. The maximum absolute atomic E-state index is 13.6. The van der Waals surface area contributed by atoms with Gasteiger partial charge in [-0.3, -0.25) is 14.2 Å². The summed E-state index contributed by atoms with van der Waals surface area (Å²) in [4.78, 5) is 32.6. The van der Waals surface area contributed by atoms with E-state index in [0.717, 1.165) is 35.2 Å². The van der Waals surface area contributed by atoms with Crippen LogP contribution in [0.15, 0.2) is 40.3 Å². The lowest BCUT2D eigenvalue weighted by Gasteiger charge is -2.18. The van der Waals surface area contributed by atoms with Gasteiger partial charge in [-0.25, -0.2) is 4.98 Å². The molecule has 144 valence electrons. The van der Waals surface area contributed by atoms with Gasteiger partial charge in [0.15, 0.2) is 5.16 Å². The number of esters is 1. The van der Waals surface area contributed by atoms with Crippen molar-refractivity contribution in [3.63, 3.8) is 0 Å². The number of ether oxygens (including phenoxy) is 1. The number of aryl methyl sites for hydroxylation is 1. The highest BCUT2D eigenvalue weighted by Gasteiger charge is 2.31. The van der Waals surface area contributed by atoms with E-state index in [4.69, 9.17) is 9.72 Å². The number of hydrogen-bond donors (Lipinski definition) is 0. The zero-order chi connectivity index (χ0) is 19.3. The molecule has 5 rings (SSSR count). The van der Waals surface area contributed by atoms with Gasteiger partial charge in [0.2, 0.25) is 0 Å². The number of thioether (sulfide) groups is 1. The molecule has 5 nitrogen and oxygen atoms in total. The Morgan fingerprint density at radius 2 is 2.04 bits per heavy atom. The molecule has 1 aliphatic carbocycles. The van der Waals surface area contributed by atoms with Gasteiger partial charge in [-0.05, 0) is 42.9 Å². The quantitative estimate of drug-likeness (QED) is 0.481. The monoisotopic (exact) mass is 412 g/mol. The van der Waals surface area contributed by atoms with E-state index in [2.05, 4.69) is 6.92 Å². The van der Waals surface area contributed by atoms with Crippen molar-refractivity contribution >= 4 is 39.3 Å². The lowest BCUT2D eigenvalue weighted by atomic mass is 9.89. The van der Waals surface area contributed by atoms with Crippen molar-refractivity contribution in [2.24, 2.45) is 5.92 Å². The second kappa shape index (κ2) is 7.04. The Morgan fingerprint density at radius 3 is 2.79 bits per heavy atom. The second-order valence-corrected chi connectivity index (χ2v) is 9.72. The summed E-state index contributed by atoms with van der Waals surface area (Å²) in [6, 6.07) is 9.57. The first kappa shape index (κ1) is 17.9. The lowest BCUT2D eigenvalue weighted by molar-refractivity contribution is -0.137. The Morgan fingerprint density at radius 1 is 1.21 bits per heavy atom. The standard InChI is InChI=1S/C21H20N2O3S2/c1-12-7-8-14-16(11-12)27-18-17(14)19(24)23(13-5-3-2-4-6-13)21(22-18)28-15-9-10-26-20(15)25/h2-6,12,15H,7-11H2,1H3/t12-,15+/m1/s1. The number of fused-ring (bicyclic) bond motifs is 3. The number of aromatic nitrogens is 2. The summed E-state index contributed by atoms with van der Waals surface area (Å²) in [6.45, 7) is 2.69. The van der Waals surface area contributed by atoms with Gasteiger partial charge < -0.3 is 4.74 Å². The molecule has 1 aromatic carbocycles. The number of rotatable bonds is 3. The van der Waals surface area contributed by atoms with E-state index in [1.807, 2.05) is 30.3 Å². The largest absolute Gasteiger partial charge is 0.465 e. The fraction of sp³-hybridized carbons (Fsp3) is 0.381. The molecule has 1 saturated heterocycles. The first-order valence-corrected chi connectivity index (χ1v) is 11.3. The Labute approximate surface area is 170 Å². The molecule has 0 N–H and O–H groups in total. The van der Waals surface area contributed by atoms with Crippen LogP contribution in [0, 0.1) is 5.92 Å². The maximum atomic E-state index is 13.6. The molecule has 0 radical (unpaired) electrons. The van der Waals surface area contributed by atoms with Crippen molar-refractivity contribution in [3.05, 3.63) is 51.1 Å². The van der Waals surface area contributed by atoms with Gasteiger partial charge >= 0.3 is 5.97 Å². The highest BCUT2D eigenvalue weighted by molar-refractivity contribution is 8.00. The topological polar surface area (TPSA) is 61.2 Å². The number of carbonyl (C=O) groups is 1. The van der Waals surface area contributed by atoms with Crippen molar-refractivity contribution in [1.29, 1.82) is 0 Å². The molecule has 28 heavy (non-hydrogen) atoms. The van der Waals surface area contributed by atoms with Gasteiger partial charge in [0.25, 0.3) is 5.56 Å². The molecule has 3 aromatic rings. The minimum absolute atomic E-state index is 0.0304. The van der Waals surface area contributed by atoms with E-state index in [1.165, 1.54) is 22.2 Å². The predicted molar refractivity (Wildman–Crippen MR) is 112 cm³/mol. The highest BCUT2D eigenvalue weighted by Crippen LogP contribution is 2.38. The van der Waals surface area contributed by atoms with Crippen molar-refractivity contribution < 1.29 is 9.53 Å². The van der Waals surface area contributed by atoms with Gasteiger partial charge in [-0.1, -0.05) is 36.9 Å². The summed E-state index contributed by atoms with van der Waals surface area (Å²) in [7, 11) is 0. The van der Waals surface area contributed by atoms with Crippen LogP contribution < -0.4 is 5.56 Å². The van der Waals surface area contributed by atoms with Crippen LogP contribution in [0.25, 0.3) is 15.9 Å². The number of cyclic esters (lactones) is 1. The molecule has 0 spiro atoms. The number of thiophene rings is 1. The third-order valence-corrected chi connectivity index (χ3v) is 7.79. The first-order valence-electron chi connectivity index (χ1n) is 9.58. The molecule has 1 aliphatic heterocycles. The van der Waals surface area contributed by atoms with E-state index in [0.29, 0.717) is 24.1 Å². The van der Waals surface area contributed by atoms with Crippen LogP contribution in [0.2, 0.25) is 0 Å². The van der Waals surface area contributed by atoms with Gasteiger partial charge in [-0.2, -0.15) is 0 Å². The van der Waals surface area contributed by atoms with Crippen LogP contribution in [0.4, 0.5) is 0 Å². The Kier molecular flexibility index (Phi) is 4.51. The number of benzene rings is 1. The molecular weight excluding hydrogens is 392 g/mol. The fourth-order valence-corrected chi connectivity index (χ4v) is 6.47. The fourth-order valence-electron chi connectivity index (χ4n) is 3.97. The van der Waals surface area contributed by atoms with Crippen molar-refractivity contribution in [1.82, 2.24) is 9.55 Å². The van der Waals surface area contributed by atoms with Crippen molar-refractivity contribution in [3.8, 4) is 5.69 Å². The number of nitrogens with zero attached hydrogens (tertiary/aromatic N) is 2. The molecule has 7 heteroatoms. The summed E-state index contributed by atoms with van der Waals surface area (Å²) in [5.41, 5.74) is 1.93. The lowest BCUT2D eigenvalue weighted by Crippen LogP contribution is -2.24. The molecule has 2 atom stereocenters. The first-order chi connectivity index (χ1) is 13.6. The zero-order valence-electron chi connectivity index (χ0n) is 15.5. The van der Waals surface area contributed by atoms with Crippen LogP contribution >= 0.6 is 23.1 Å². The molecule has 2 aromatic heterocycles. The molecule has 3 heterocycles. The van der Waals surface area contributed by atoms with E-state index in [9.17, 15) is 9.59 Å². The second-order valence-electron chi connectivity index (χ2n) is 7.47. The van der Waals surface area contributed by atoms with Gasteiger partial charge in [-0.15, -0.1) is 11.3 Å². The van der Waals surface area contributed by atoms with Crippen LogP contribution in [0.5, 0.6) is 0 Å². The molecule has 1 fully saturated rings. The molecule has 0 saturated carbocycles. The molecule has 0 amide bonds. The van der Waals surface area contributed by atoms with Crippen LogP contribution in [-0.2, 0) is 22.4 Å². The Hall–Kier alpha value is -2.12. The van der Waals surface area contributed by atoms with Gasteiger partial charge in [0.05, 0.1) is 17.7 Å². The molecule has 2 aliphatic rings. The van der Waals surface area contributed by atoms with Crippen LogP contribution in [0.3, 0.4) is 0 Å². The van der Waals surface area contributed by atoms with Gasteiger partial charge in [0, 0.05) is 11.3 Å². The molecule has 0 bridgehead atoms. The van der Waals surface area contributed by atoms with E-state index in [-0.39, 0.29) is 16.8 Å². The SMILES string of the molecule is C[C@@H]1CCc2c(sc3nc(S[C@H]4CCOC4=O)n(-c4ccccc4)c(=O)c23)C1. The average Bonchev–Trinajstić information content (AvgIpc) is 3.25. The summed E-state index contributed by atoms with van der Waals surface area (Å²) in [5, 5.41) is 1.02. The number of hydrogen-bond acceptors (Lipinski definition) is 6. The highest BCUT2D eigenvalue weighted by atomic mass is 32.2. The van der Waals surface area contributed by atoms with Crippen molar-refractivity contribution in [2.75, 3.05) is 6.61 Å². The van der Waals surface area contributed by atoms with E-state index < -0.39 is 0 Å². The van der Waals surface area contributed by atoms with Crippen LogP contribution in [0.1, 0.15) is 30.2 Å². The summed E-state index contributed by atoms with van der Waals surface area (Å²) in [5.74, 6) is 0.414.